The van der Waals surface area contributed by atoms with Crippen LogP contribution in [0.15, 0.2) is 12.3 Å². The Morgan fingerprint density at radius 2 is 2.19 bits per heavy atom. The van der Waals surface area contributed by atoms with Gasteiger partial charge in [-0.3, -0.25) is 4.68 Å². The lowest BCUT2D eigenvalue weighted by Crippen LogP contribution is -2.39. The van der Waals surface area contributed by atoms with Crippen LogP contribution in [0, 0.1) is 0 Å². The molecular weight excluding hydrogens is 200 g/mol. The molecule has 0 aliphatic carbocycles. The summed E-state index contributed by atoms with van der Waals surface area (Å²) in [5.74, 6) is 1.13. The molecule has 4 heteroatoms. The fraction of sp³-hybridized carbons (Fsp3) is 0.750. The molecule has 1 saturated heterocycles. The molecule has 0 aromatic carbocycles. The highest BCUT2D eigenvalue weighted by Gasteiger charge is 2.18. The summed E-state index contributed by atoms with van der Waals surface area (Å²) in [6.07, 6.45) is 5.59. The lowest BCUT2D eigenvalue weighted by atomic mass is 10.1. The van der Waals surface area contributed by atoms with Crippen LogP contribution in [0.3, 0.4) is 0 Å². The molecule has 2 heterocycles. The second kappa shape index (κ2) is 5.34. The molecule has 1 fully saturated rings. The van der Waals surface area contributed by atoms with Crippen LogP contribution >= 0.6 is 0 Å². The first-order valence-electron chi connectivity index (χ1n) is 6.26. The predicted molar refractivity (Wildman–Crippen MR) is 66.6 cm³/mol. The molecule has 1 aromatic heterocycles. The third kappa shape index (κ3) is 2.76. The molecule has 0 amide bonds. The normalized spacial score (nSPS) is 18.9. The minimum Gasteiger partial charge on any atom is -0.367 e. The van der Waals surface area contributed by atoms with Gasteiger partial charge in [0, 0.05) is 32.2 Å². The summed E-state index contributed by atoms with van der Waals surface area (Å²) >= 11 is 0. The number of likely N-dealkylation sites (tertiary alicyclic amines) is 1. The lowest BCUT2D eigenvalue weighted by Gasteiger charge is -2.32. The number of aromatic nitrogens is 2. The molecule has 1 aliphatic heterocycles. The van der Waals surface area contributed by atoms with Gasteiger partial charge in [0.15, 0.2) is 0 Å². The zero-order valence-electron chi connectivity index (χ0n) is 10.3. The highest BCUT2D eigenvalue weighted by molar-refractivity contribution is 5.34. The first kappa shape index (κ1) is 11.5. The topological polar surface area (TPSA) is 33.1 Å². The van der Waals surface area contributed by atoms with Crippen molar-refractivity contribution in [2.45, 2.75) is 32.2 Å². The van der Waals surface area contributed by atoms with E-state index in [4.69, 9.17) is 0 Å². The summed E-state index contributed by atoms with van der Waals surface area (Å²) in [4.78, 5) is 2.56. The number of nitrogens with zero attached hydrogens (tertiary/aromatic N) is 3. The molecule has 1 N–H and O–H groups in total. The monoisotopic (exact) mass is 222 g/mol. The molecule has 0 unspecified atom stereocenters. The molecule has 1 aromatic rings. The van der Waals surface area contributed by atoms with Crippen molar-refractivity contribution in [1.29, 1.82) is 0 Å². The van der Waals surface area contributed by atoms with Crippen LogP contribution in [0.1, 0.15) is 26.2 Å². The second-order valence-electron chi connectivity index (χ2n) is 4.60. The second-order valence-corrected chi connectivity index (χ2v) is 4.60. The van der Waals surface area contributed by atoms with Crippen LogP contribution in [0.2, 0.25) is 0 Å². The van der Waals surface area contributed by atoms with Gasteiger partial charge in [0.05, 0.1) is 6.20 Å². The minimum atomic E-state index is 0.614. The smallest absolute Gasteiger partial charge is 0.124 e. The van der Waals surface area contributed by atoms with E-state index in [1.807, 2.05) is 24.0 Å². The van der Waals surface area contributed by atoms with Crippen molar-refractivity contribution in [3.63, 3.8) is 0 Å². The number of nitrogens with one attached hydrogen (secondary N) is 1. The maximum absolute atomic E-state index is 4.17. The van der Waals surface area contributed by atoms with Crippen molar-refractivity contribution >= 4 is 5.82 Å². The number of piperidine rings is 1. The maximum atomic E-state index is 4.17. The first-order valence-corrected chi connectivity index (χ1v) is 6.26. The van der Waals surface area contributed by atoms with E-state index in [0.717, 1.165) is 5.82 Å². The Morgan fingerprint density at radius 1 is 1.44 bits per heavy atom. The largest absolute Gasteiger partial charge is 0.367 e. The van der Waals surface area contributed by atoms with E-state index < -0.39 is 0 Å². The van der Waals surface area contributed by atoms with Crippen LogP contribution in [0.25, 0.3) is 0 Å². The van der Waals surface area contributed by atoms with Crippen LogP contribution in [0.4, 0.5) is 5.82 Å². The third-order valence-electron chi connectivity index (χ3n) is 3.30. The third-order valence-corrected chi connectivity index (χ3v) is 3.30. The van der Waals surface area contributed by atoms with E-state index in [1.54, 1.807) is 0 Å². The van der Waals surface area contributed by atoms with E-state index in [-0.39, 0.29) is 0 Å². The van der Waals surface area contributed by atoms with E-state index in [9.17, 15) is 0 Å². The molecular formula is C12H22N4. The first-order chi connectivity index (χ1) is 7.79. The average Bonchev–Trinajstić information content (AvgIpc) is 2.68. The van der Waals surface area contributed by atoms with Crippen molar-refractivity contribution in [2.75, 3.05) is 25.0 Å². The van der Waals surface area contributed by atoms with Gasteiger partial charge in [0.25, 0.3) is 0 Å². The highest BCUT2D eigenvalue weighted by atomic mass is 15.3. The summed E-state index contributed by atoms with van der Waals surface area (Å²) in [5, 5.41) is 7.74. The summed E-state index contributed by atoms with van der Waals surface area (Å²) in [6, 6.07) is 2.65. The van der Waals surface area contributed by atoms with Crippen LogP contribution in [-0.2, 0) is 7.05 Å². The van der Waals surface area contributed by atoms with Crippen molar-refractivity contribution < 1.29 is 0 Å². The summed E-state index contributed by atoms with van der Waals surface area (Å²) in [6.45, 7) is 5.95. The zero-order chi connectivity index (χ0) is 11.4. The molecule has 0 saturated carbocycles. The molecule has 2 rings (SSSR count). The van der Waals surface area contributed by atoms with E-state index in [0.29, 0.717) is 6.04 Å². The van der Waals surface area contributed by atoms with Gasteiger partial charge in [0.2, 0.25) is 0 Å². The lowest BCUT2D eigenvalue weighted by molar-refractivity contribution is 0.219. The quantitative estimate of drug-likeness (QED) is 0.842. The summed E-state index contributed by atoms with van der Waals surface area (Å²) in [7, 11) is 1.98. The van der Waals surface area contributed by atoms with Crippen LogP contribution in [-0.4, -0.2) is 40.4 Å². The number of aryl methyl sites for hydroxylation is 1. The van der Waals surface area contributed by atoms with Crippen molar-refractivity contribution in [3.05, 3.63) is 12.3 Å². The van der Waals surface area contributed by atoms with Gasteiger partial charge in [-0.25, -0.2) is 0 Å². The van der Waals surface area contributed by atoms with Gasteiger partial charge in [0.1, 0.15) is 5.82 Å². The Bertz CT molecular complexity index is 313. The Balaban J connectivity index is 1.79. The summed E-state index contributed by atoms with van der Waals surface area (Å²) in [5.41, 5.74) is 0. The molecule has 1 aliphatic rings. The van der Waals surface area contributed by atoms with Crippen molar-refractivity contribution in [3.8, 4) is 0 Å². The van der Waals surface area contributed by atoms with Gasteiger partial charge in [-0.05, 0) is 25.8 Å². The highest BCUT2D eigenvalue weighted by Crippen LogP contribution is 2.15. The SMILES string of the molecule is CCCN1CCC(Nc2ccnn2C)CC1. The molecule has 90 valence electrons. The Kier molecular flexibility index (Phi) is 3.83. The predicted octanol–water partition coefficient (Wildman–Crippen LogP) is 1.71. The van der Waals surface area contributed by atoms with Gasteiger partial charge in [-0.2, -0.15) is 5.10 Å². The zero-order valence-corrected chi connectivity index (χ0v) is 10.3. The number of hydrogen-bond donors (Lipinski definition) is 1. The molecule has 0 bridgehead atoms. The molecule has 0 radical (unpaired) electrons. The Hall–Kier alpha value is -1.03. The molecule has 0 atom stereocenters. The Labute approximate surface area is 97.6 Å². The molecule has 16 heavy (non-hydrogen) atoms. The van der Waals surface area contributed by atoms with Gasteiger partial charge >= 0.3 is 0 Å². The maximum Gasteiger partial charge on any atom is 0.124 e. The fourth-order valence-corrected chi connectivity index (χ4v) is 2.34. The Morgan fingerprint density at radius 3 is 2.75 bits per heavy atom. The van der Waals surface area contributed by atoms with Crippen molar-refractivity contribution in [1.82, 2.24) is 14.7 Å². The molecule has 0 spiro atoms. The van der Waals surface area contributed by atoms with E-state index >= 15 is 0 Å². The van der Waals surface area contributed by atoms with E-state index in [1.165, 1.54) is 38.9 Å². The fourth-order valence-electron chi connectivity index (χ4n) is 2.34. The van der Waals surface area contributed by atoms with Crippen LogP contribution in [0.5, 0.6) is 0 Å². The van der Waals surface area contributed by atoms with Crippen LogP contribution < -0.4 is 5.32 Å². The van der Waals surface area contributed by atoms with E-state index in [2.05, 4.69) is 22.2 Å². The standard InChI is InChI=1S/C12H22N4/c1-3-8-16-9-5-11(6-10-16)14-12-4-7-13-15(12)2/h4,7,11,14H,3,5-6,8-10H2,1-2H3. The van der Waals surface area contributed by atoms with Gasteiger partial charge < -0.3 is 10.2 Å². The number of rotatable bonds is 4. The van der Waals surface area contributed by atoms with Crippen molar-refractivity contribution in [2.24, 2.45) is 7.05 Å². The summed E-state index contributed by atoms with van der Waals surface area (Å²) < 4.78 is 1.90. The minimum absolute atomic E-state index is 0.614. The van der Waals surface area contributed by atoms with Gasteiger partial charge in [-0.1, -0.05) is 6.92 Å². The number of hydrogen-bond acceptors (Lipinski definition) is 3. The number of anilines is 1. The van der Waals surface area contributed by atoms with Gasteiger partial charge in [-0.15, -0.1) is 0 Å². The molecule has 4 nitrogen and oxygen atoms in total. The average molecular weight is 222 g/mol.